The van der Waals surface area contributed by atoms with E-state index in [2.05, 4.69) is 26.6 Å². The maximum Gasteiger partial charge on any atom is 0.321 e. The molecule has 1 rings (SSSR count). The molecular formula is C15H19BrN2O4S. The van der Waals surface area contributed by atoms with E-state index in [1.165, 1.54) is 25.7 Å². The van der Waals surface area contributed by atoms with Crippen LogP contribution < -0.4 is 10.6 Å². The highest BCUT2D eigenvalue weighted by molar-refractivity contribution is 9.10. The first-order chi connectivity index (χ1) is 10.7. The predicted octanol–water partition coefficient (Wildman–Crippen LogP) is 2.55. The highest BCUT2D eigenvalue weighted by Crippen LogP contribution is 2.28. The van der Waals surface area contributed by atoms with Gasteiger partial charge in [0.2, 0.25) is 0 Å². The van der Waals surface area contributed by atoms with Crippen LogP contribution in [0.4, 0.5) is 4.79 Å². The molecule has 6 nitrogen and oxygen atoms in total. The van der Waals surface area contributed by atoms with Crippen molar-refractivity contribution in [2.45, 2.75) is 31.8 Å². The van der Waals surface area contributed by atoms with Gasteiger partial charge in [0.1, 0.15) is 0 Å². The fraction of sp³-hybridized carbons (Fsp3) is 0.400. The number of esters is 1. The van der Waals surface area contributed by atoms with E-state index in [9.17, 15) is 14.4 Å². The number of rotatable bonds is 5. The summed E-state index contributed by atoms with van der Waals surface area (Å²) >= 11 is 4.80. The van der Waals surface area contributed by atoms with Gasteiger partial charge >= 0.3 is 12.0 Å². The molecule has 0 aliphatic rings. The first-order valence-corrected chi connectivity index (χ1v) is 8.64. The zero-order valence-corrected chi connectivity index (χ0v) is 15.8. The number of carbonyl (C=O) groups is 3. The summed E-state index contributed by atoms with van der Waals surface area (Å²) in [5.74, 6) is -1.10. The second-order valence-electron chi connectivity index (χ2n) is 4.86. The number of ether oxygens (including phenoxy) is 1. The molecule has 3 amide bonds. The number of amides is 3. The van der Waals surface area contributed by atoms with Crippen LogP contribution in [0.25, 0.3) is 0 Å². The van der Waals surface area contributed by atoms with Crippen LogP contribution in [-0.4, -0.2) is 36.8 Å². The molecule has 1 aromatic carbocycles. The van der Waals surface area contributed by atoms with Gasteiger partial charge in [-0.3, -0.25) is 14.9 Å². The minimum absolute atomic E-state index is 0.0828. The van der Waals surface area contributed by atoms with Crippen molar-refractivity contribution in [2.75, 3.05) is 12.8 Å². The smallest absolute Gasteiger partial charge is 0.321 e. The number of nitrogens with one attached hydrogen (secondary N) is 2. The third kappa shape index (κ3) is 6.23. The Morgan fingerprint density at radius 2 is 1.91 bits per heavy atom. The summed E-state index contributed by atoms with van der Waals surface area (Å²) in [5, 5.41) is 4.30. The van der Waals surface area contributed by atoms with Gasteiger partial charge < -0.3 is 10.1 Å². The molecule has 23 heavy (non-hydrogen) atoms. The van der Waals surface area contributed by atoms with Crippen molar-refractivity contribution in [1.82, 2.24) is 10.6 Å². The number of thioether (sulfide) groups is 1. The monoisotopic (exact) mass is 402 g/mol. The first-order valence-electron chi connectivity index (χ1n) is 6.86. The Kier molecular flexibility index (Phi) is 7.57. The molecule has 0 fully saturated rings. The van der Waals surface area contributed by atoms with Crippen LogP contribution in [0.5, 0.6) is 0 Å². The summed E-state index contributed by atoms with van der Waals surface area (Å²) < 4.78 is 6.03. The van der Waals surface area contributed by atoms with Gasteiger partial charge in [0, 0.05) is 16.4 Å². The van der Waals surface area contributed by atoms with Crippen LogP contribution in [0.15, 0.2) is 21.5 Å². The zero-order chi connectivity index (χ0) is 17.6. The van der Waals surface area contributed by atoms with Crippen molar-refractivity contribution in [2.24, 2.45) is 0 Å². The van der Waals surface area contributed by atoms with E-state index in [1.807, 2.05) is 26.0 Å². The highest BCUT2D eigenvalue weighted by atomic mass is 79.9. The average molecular weight is 403 g/mol. The van der Waals surface area contributed by atoms with E-state index in [0.29, 0.717) is 0 Å². The quantitative estimate of drug-likeness (QED) is 0.583. The number of carbonyl (C=O) groups excluding carboxylic acids is 3. The lowest BCUT2D eigenvalue weighted by atomic mass is 10.2. The third-order valence-corrected chi connectivity index (χ3v) is 4.93. The minimum Gasteiger partial charge on any atom is -0.452 e. The standard InChI is InChI=1S/C15H19BrN2O4S/c1-8-6-12(9(2)5-11(8)16)23-7-13(19)22-10(3)14(20)18-15(21)17-4/h5-6,10H,7H2,1-4H3,(H2,17,18,20,21)/t10-/m1/s1. The van der Waals surface area contributed by atoms with Crippen molar-refractivity contribution in [3.05, 3.63) is 27.7 Å². The lowest BCUT2D eigenvalue weighted by Gasteiger charge is -2.13. The molecule has 0 aromatic heterocycles. The fourth-order valence-corrected chi connectivity index (χ4v) is 2.95. The number of halogens is 1. The van der Waals surface area contributed by atoms with E-state index in [0.717, 1.165) is 20.5 Å². The molecule has 0 spiro atoms. The Hall–Kier alpha value is -1.54. The second kappa shape index (κ2) is 8.93. The normalized spacial score (nSPS) is 11.5. The first kappa shape index (κ1) is 19.5. The number of urea groups is 1. The van der Waals surface area contributed by atoms with Crippen molar-refractivity contribution in [1.29, 1.82) is 0 Å². The SMILES string of the molecule is CNC(=O)NC(=O)[C@@H](C)OC(=O)CSc1cc(C)c(Br)cc1C. The molecular weight excluding hydrogens is 384 g/mol. The summed E-state index contributed by atoms with van der Waals surface area (Å²) in [6, 6.07) is 3.33. The molecule has 2 N–H and O–H groups in total. The lowest BCUT2D eigenvalue weighted by molar-refractivity contribution is -0.151. The van der Waals surface area contributed by atoms with Crippen LogP contribution in [0.3, 0.4) is 0 Å². The maximum absolute atomic E-state index is 11.8. The van der Waals surface area contributed by atoms with E-state index < -0.39 is 24.0 Å². The van der Waals surface area contributed by atoms with Gasteiger partial charge in [-0.15, -0.1) is 11.8 Å². The molecule has 0 saturated carbocycles. The maximum atomic E-state index is 11.8. The number of hydrogen-bond donors (Lipinski definition) is 2. The summed E-state index contributed by atoms with van der Waals surface area (Å²) in [7, 11) is 1.39. The van der Waals surface area contributed by atoms with Gasteiger partial charge in [-0.2, -0.15) is 0 Å². The van der Waals surface area contributed by atoms with Gasteiger partial charge in [0.25, 0.3) is 5.91 Å². The van der Waals surface area contributed by atoms with E-state index in [-0.39, 0.29) is 5.75 Å². The van der Waals surface area contributed by atoms with Crippen LogP contribution in [-0.2, 0) is 14.3 Å². The van der Waals surface area contributed by atoms with Crippen molar-refractivity contribution in [3.8, 4) is 0 Å². The summed E-state index contributed by atoms with van der Waals surface area (Å²) in [5.41, 5.74) is 2.12. The summed E-state index contributed by atoms with van der Waals surface area (Å²) in [4.78, 5) is 35.4. The molecule has 8 heteroatoms. The molecule has 0 bridgehead atoms. The number of benzene rings is 1. The van der Waals surface area contributed by atoms with Crippen LogP contribution in [0.2, 0.25) is 0 Å². The Morgan fingerprint density at radius 1 is 1.26 bits per heavy atom. The third-order valence-electron chi connectivity index (χ3n) is 2.94. The van der Waals surface area contributed by atoms with Crippen LogP contribution >= 0.6 is 27.7 Å². The van der Waals surface area contributed by atoms with E-state index in [1.54, 1.807) is 0 Å². The molecule has 0 heterocycles. The van der Waals surface area contributed by atoms with E-state index in [4.69, 9.17) is 4.74 Å². The molecule has 0 aliphatic carbocycles. The van der Waals surface area contributed by atoms with Gasteiger partial charge in [-0.25, -0.2) is 4.79 Å². The Labute approximate surface area is 147 Å². The van der Waals surface area contributed by atoms with Gasteiger partial charge in [-0.05, 0) is 44.0 Å². The second-order valence-corrected chi connectivity index (χ2v) is 6.73. The Morgan fingerprint density at radius 3 is 2.52 bits per heavy atom. The fourth-order valence-electron chi connectivity index (χ4n) is 1.61. The van der Waals surface area contributed by atoms with Crippen molar-refractivity contribution < 1.29 is 19.1 Å². The Bertz CT molecular complexity index is 622. The van der Waals surface area contributed by atoms with Gasteiger partial charge in [-0.1, -0.05) is 15.9 Å². The zero-order valence-electron chi connectivity index (χ0n) is 13.4. The number of aryl methyl sites for hydroxylation is 2. The topological polar surface area (TPSA) is 84.5 Å². The van der Waals surface area contributed by atoms with Crippen LogP contribution in [0.1, 0.15) is 18.1 Å². The van der Waals surface area contributed by atoms with Crippen molar-refractivity contribution >= 4 is 45.6 Å². The molecule has 0 aliphatic heterocycles. The summed E-state index contributed by atoms with van der Waals surface area (Å²) in [6.45, 7) is 5.34. The molecule has 0 radical (unpaired) electrons. The largest absolute Gasteiger partial charge is 0.452 e. The van der Waals surface area contributed by atoms with Crippen LogP contribution in [0, 0.1) is 13.8 Å². The van der Waals surface area contributed by atoms with Crippen molar-refractivity contribution in [3.63, 3.8) is 0 Å². The number of imide groups is 1. The van der Waals surface area contributed by atoms with Gasteiger partial charge in [0.15, 0.2) is 6.10 Å². The predicted molar refractivity (Wildman–Crippen MR) is 92.5 cm³/mol. The Balaban J connectivity index is 2.53. The van der Waals surface area contributed by atoms with E-state index >= 15 is 0 Å². The number of hydrogen-bond acceptors (Lipinski definition) is 5. The lowest BCUT2D eigenvalue weighted by Crippen LogP contribution is -2.43. The molecule has 1 atom stereocenters. The van der Waals surface area contributed by atoms with Gasteiger partial charge in [0.05, 0.1) is 5.75 Å². The molecule has 1 aromatic rings. The highest BCUT2D eigenvalue weighted by Gasteiger charge is 2.19. The molecule has 0 saturated heterocycles. The minimum atomic E-state index is -1.03. The molecule has 0 unspecified atom stereocenters. The average Bonchev–Trinajstić information content (AvgIpc) is 2.49. The molecule has 126 valence electrons. The summed E-state index contributed by atoms with van der Waals surface area (Å²) in [6.07, 6.45) is -1.03.